The Morgan fingerprint density at radius 3 is 2.65 bits per heavy atom. The number of hydrogen-bond donors (Lipinski definition) is 1. The van der Waals surface area contributed by atoms with E-state index in [0.717, 1.165) is 25.8 Å². The summed E-state index contributed by atoms with van der Waals surface area (Å²) in [5.41, 5.74) is 0.727. The first-order valence-corrected chi connectivity index (χ1v) is 9.06. The van der Waals surface area contributed by atoms with E-state index < -0.39 is 0 Å². The lowest BCUT2D eigenvalue weighted by atomic mass is 9.72. The topological polar surface area (TPSA) is 95.6 Å². The molecule has 1 spiro atoms. The summed E-state index contributed by atoms with van der Waals surface area (Å²) in [6.45, 7) is 4.65. The maximum atomic E-state index is 12.6. The standard InChI is InChI=1S/C18H26N4O4/c1-13(23)14-11-15(20-19-14)17(25)21-7-5-18(6-8-21)4-3-16(24)22(12-18)9-10-26-2/h11H,3-10,12H2,1-2H3,(H,19,20). The molecule has 0 unspecified atom stereocenters. The molecule has 0 radical (unpaired) electrons. The molecule has 3 rings (SSSR count). The Kier molecular flexibility index (Phi) is 5.41. The van der Waals surface area contributed by atoms with Crippen molar-refractivity contribution < 1.29 is 19.1 Å². The SMILES string of the molecule is COCCN1CC2(CCC1=O)CCN(C(=O)c1cc(C(C)=O)n[nH]1)CC2. The summed E-state index contributed by atoms with van der Waals surface area (Å²) in [6.07, 6.45) is 3.21. The Balaban J connectivity index is 1.60. The highest BCUT2D eigenvalue weighted by Crippen LogP contribution is 2.40. The fourth-order valence-electron chi connectivity index (χ4n) is 3.88. The molecule has 26 heavy (non-hydrogen) atoms. The number of nitrogens with one attached hydrogen (secondary N) is 1. The number of Topliss-reactive ketones (excluding diaryl/α,β-unsaturated/α-hetero) is 1. The summed E-state index contributed by atoms with van der Waals surface area (Å²) in [5.74, 6) is -0.0932. The molecule has 1 aromatic heterocycles. The number of carbonyl (C=O) groups is 3. The lowest BCUT2D eigenvalue weighted by molar-refractivity contribution is -0.139. The molecule has 142 valence electrons. The number of H-pyrrole nitrogens is 1. The number of methoxy groups -OCH3 is 1. The first-order chi connectivity index (χ1) is 12.4. The fourth-order valence-corrected chi connectivity index (χ4v) is 3.88. The van der Waals surface area contributed by atoms with Gasteiger partial charge in [0.2, 0.25) is 5.91 Å². The maximum Gasteiger partial charge on any atom is 0.271 e. The smallest absolute Gasteiger partial charge is 0.271 e. The fraction of sp³-hybridized carbons (Fsp3) is 0.667. The Bertz CT molecular complexity index is 691. The molecule has 8 nitrogen and oxygen atoms in total. The van der Waals surface area contributed by atoms with E-state index >= 15 is 0 Å². The van der Waals surface area contributed by atoms with Gasteiger partial charge in [-0.25, -0.2) is 0 Å². The zero-order chi connectivity index (χ0) is 18.7. The van der Waals surface area contributed by atoms with Crippen molar-refractivity contribution >= 4 is 17.6 Å². The van der Waals surface area contributed by atoms with Crippen molar-refractivity contribution in [2.24, 2.45) is 5.41 Å². The summed E-state index contributed by atoms with van der Waals surface area (Å²) in [4.78, 5) is 39.8. The van der Waals surface area contributed by atoms with Crippen molar-refractivity contribution in [2.45, 2.75) is 32.6 Å². The van der Waals surface area contributed by atoms with Gasteiger partial charge in [0.05, 0.1) is 6.61 Å². The number of likely N-dealkylation sites (tertiary alicyclic amines) is 2. The van der Waals surface area contributed by atoms with E-state index in [4.69, 9.17) is 4.74 Å². The summed E-state index contributed by atoms with van der Waals surface area (Å²) >= 11 is 0. The van der Waals surface area contributed by atoms with Gasteiger partial charge in [0.1, 0.15) is 11.4 Å². The Morgan fingerprint density at radius 2 is 2.04 bits per heavy atom. The highest BCUT2D eigenvalue weighted by Gasteiger charge is 2.41. The molecule has 0 aliphatic carbocycles. The third-order valence-electron chi connectivity index (χ3n) is 5.59. The van der Waals surface area contributed by atoms with Gasteiger partial charge in [-0.3, -0.25) is 19.5 Å². The Morgan fingerprint density at radius 1 is 1.31 bits per heavy atom. The molecule has 2 amide bonds. The van der Waals surface area contributed by atoms with Gasteiger partial charge in [0.25, 0.3) is 5.91 Å². The number of aromatic nitrogens is 2. The molecule has 1 aromatic rings. The van der Waals surface area contributed by atoms with Gasteiger partial charge in [-0.15, -0.1) is 0 Å². The van der Waals surface area contributed by atoms with Gasteiger partial charge in [-0.05, 0) is 30.7 Å². The number of nitrogens with zero attached hydrogens (tertiary/aromatic N) is 3. The average molecular weight is 362 g/mol. The Hall–Kier alpha value is -2.22. The molecular formula is C18H26N4O4. The molecule has 2 aliphatic rings. The van der Waals surface area contributed by atoms with Crippen molar-refractivity contribution in [3.8, 4) is 0 Å². The predicted octanol–water partition coefficient (Wildman–Crippen LogP) is 1.10. The first kappa shape index (κ1) is 18.6. The Labute approximate surface area is 152 Å². The molecule has 0 atom stereocenters. The van der Waals surface area contributed by atoms with Gasteiger partial charge in [0, 0.05) is 46.6 Å². The lowest BCUT2D eigenvalue weighted by Gasteiger charge is -2.47. The second kappa shape index (κ2) is 7.57. The molecule has 3 heterocycles. The maximum absolute atomic E-state index is 12.6. The van der Waals surface area contributed by atoms with Crippen LogP contribution in [0.4, 0.5) is 0 Å². The minimum atomic E-state index is -0.166. The van der Waals surface area contributed by atoms with Crippen LogP contribution < -0.4 is 0 Å². The van der Waals surface area contributed by atoms with Gasteiger partial charge in [0.15, 0.2) is 5.78 Å². The van der Waals surface area contributed by atoms with Crippen molar-refractivity contribution in [3.63, 3.8) is 0 Å². The number of hydrogen-bond acceptors (Lipinski definition) is 5. The van der Waals surface area contributed by atoms with Crippen LogP contribution in [0.25, 0.3) is 0 Å². The largest absolute Gasteiger partial charge is 0.383 e. The van der Waals surface area contributed by atoms with Gasteiger partial charge in [-0.2, -0.15) is 5.10 Å². The summed E-state index contributed by atoms with van der Waals surface area (Å²) in [5, 5.41) is 6.55. The summed E-state index contributed by atoms with van der Waals surface area (Å²) < 4.78 is 5.10. The van der Waals surface area contributed by atoms with Crippen molar-refractivity contribution in [1.29, 1.82) is 0 Å². The van der Waals surface area contributed by atoms with E-state index in [1.54, 1.807) is 12.0 Å². The molecule has 0 aromatic carbocycles. The van der Waals surface area contributed by atoms with Gasteiger partial charge >= 0.3 is 0 Å². The molecule has 0 saturated carbocycles. The summed E-state index contributed by atoms with van der Waals surface area (Å²) in [6, 6.07) is 1.51. The third kappa shape index (κ3) is 3.80. The van der Waals surface area contributed by atoms with E-state index in [9.17, 15) is 14.4 Å². The molecule has 2 fully saturated rings. The van der Waals surface area contributed by atoms with Crippen LogP contribution in [0.1, 0.15) is 53.6 Å². The van der Waals surface area contributed by atoms with Gasteiger partial charge in [-0.1, -0.05) is 0 Å². The number of carbonyl (C=O) groups excluding carboxylic acids is 3. The van der Waals surface area contributed by atoms with Crippen LogP contribution in [-0.2, 0) is 9.53 Å². The average Bonchev–Trinajstić information content (AvgIpc) is 3.13. The molecule has 2 saturated heterocycles. The molecule has 8 heteroatoms. The minimum absolute atomic E-state index is 0.0942. The van der Waals surface area contributed by atoms with E-state index in [1.165, 1.54) is 13.0 Å². The van der Waals surface area contributed by atoms with E-state index in [-0.39, 0.29) is 28.7 Å². The monoisotopic (exact) mass is 362 g/mol. The molecular weight excluding hydrogens is 336 g/mol. The van der Waals surface area contributed by atoms with Crippen molar-refractivity contribution in [3.05, 3.63) is 17.5 Å². The highest BCUT2D eigenvalue weighted by atomic mass is 16.5. The molecule has 2 aliphatic heterocycles. The second-order valence-corrected chi connectivity index (χ2v) is 7.32. The third-order valence-corrected chi connectivity index (χ3v) is 5.59. The minimum Gasteiger partial charge on any atom is -0.383 e. The second-order valence-electron chi connectivity index (χ2n) is 7.32. The van der Waals surface area contributed by atoms with Crippen LogP contribution in [0.3, 0.4) is 0 Å². The van der Waals surface area contributed by atoms with E-state index in [2.05, 4.69) is 10.2 Å². The van der Waals surface area contributed by atoms with Crippen LogP contribution in [0, 0.1) is 5.41 Å². The number of ketones is 1. The molecule has 1 N–H and O–H groups in total. The van der Waals surface area contributed by atoms with Crippen molar-refractivity contribution in [2.75, 3.05) is 39.9 Å². The van der Waals surface area contributed by atoms with E-state index in [0.29, 0.717) is 38.4 Å². The van der Waals surface area contributed by atoms with Crippen LogP contribution in [0.15, 0.2) is 6.07 Å². The van der Waals surface area contributed by atoms with Crippen LogP contribution >= 0.6 is 0 Å². The number of rotatable bonds is 5. The zero-order valence-corrected chi connectivity index (χ0v) is 15.4. The number of piperidine rings is 2. The van der Waals surface area contributed by atoms with Crippen LogP contribution in [0.2, 0.25) is 0 Å². The predicted molar refractivity (Wildman–Crippen MR) is 93.9 cm³/mol. The van der Waals surface area contributed by atoms with Crippen LogP contribution in [0.5, 0.6) is 0 Å². The van der Waals surface area contributed by atoms with E-state index in [1.807, 2.05) is 4.90 Å². The number of aromatic amines is 1. The lowest BCUT2D eigenvalue weighted by Crippen LogP contribution is -2.53. The normalized spacial score (nSPS) is 19.8. The molecule has 0 bridgehead atoms. The van der Waals surface area contributed by atoms with Gasteiger partial charge < -0.3 is 14.5 Å². The summed E-state index contributed by atoms with van der Waals surface area (Å²) in [7, 11) is 1.64. The van der Waals surface area contributed by atoms with Crippen LogP contribution in [-0.4, -0.2) is 77.5 Å². The number of ether oxygens (including phenoxy) is 1. The first-order valence-electron chi connectivity index (χ1n) is 9.06. The zero-order valence-electron chi connectivity index (χ0n) is 15.4. The number of amides is 2. The quantitative estimate of drug-likeness (QED) is 0.792. The van der Waals surface area contributed by atoms with Crippen molar-refractivity contribution in [1.82, 2.24) is 20.0 Å². The highest BCUT2D eigenvalue weighted by molar-refractivity contribution is 5.97.